The fourth-order valence-electron chi connectivity index (χ4n) is 1.45. The van der Waals surface area contributed by atoms with E-state index in [0.717, 1.165) is 5.92 Å². The maximum Gasteiger partial charge on any atom is -0.0323 e. The summed E-state index contributed by atoms with van der Waals surface area (Å²) >= 11 is 0. The monoisotopic (exact) mass is 182 g/mol. The predicted octanol–water partition coefficient (Wildman–Crippen LogP) is 4.95. The van der Waals surface area contributed by atoms with Crippen LogP contribution in [-0.4, -0.2) is 0 Å². The zero-order valence-electron chi connectivity index (χ0n) is 9.90. The zero-order chi connectivity index (χ0) is 10.1. The predicted molar refractivity (Wildman–Crippen MR) is 62.0 cm³/mol. The quantitative estimate of drug-likeness (QED) is 0.386. The summed E-state index contributed by atoms with van der Waals surface area (Å²) in [6.45, 7) is 8.98. The molecule has 0 aliphatic carbocycles. The topological polar surface area (TPSA) is 0 Å². The Balaban J connectivity index is 3.09. The minimum absolute atomic E-state index is 0.886. The Bertz CT molecular complexity index is 131. The van der Waals surface area contributed by atoms with Crippen LogP contribution in [0.4, 0.5) is 0 Å². The van der Waals surface area contributed by atoms with Crippen molar-refractivity contribution >= 4 is 0 Å². The molecule has 0 heteroatoms. The highest BCUT2D eigenvalue weighted by Crippen LogP contribution is 2.12. The van der Waals surface area contributed by atoms with Crippen LogP contribution >= 0.6 is 0 Å². The lowest BCUT2D eigenvalue weighted by atomic mass is 10.0. The summed E-state index contributed by atoms with van der Waals surface area (Å²) in [7, 11) is 0. The maximum absolute atomic E-state index is 2.31. The molecule has 0 atom stereocenters. The van der Waals surface area contributed by atoms with Crippen molar-refractivity contribution in [3.63, 3.8) is 0 Å². The fourth-order valence-corrected chi connectivity index (χ4v) is 1.45. The molecule has 0 aliphatic heterocycles. The molecule has 0 rings (SSSR count). The van der Waals surface area contributed by atoms with Crippen molar-refractivity contribution in [2.45, 2.75) is 66.2 Å². The van der Waals surface area contributed by atoms with Crippen molar-refractivity contribution in [3.05, 3.63) is 11.6 Å². The number of hydrogen-bond donors (Lipinski definition) is 0. The van der Waals surface area contributed by atoms with Crippen LogP contribution in [0.3, 0.4) is 0 Å². The van der Waals surface area contributed by atoms with Crippen LogP contribution < -0.4 is 0 Å². The van der Waals surface area contributed by atoms with Crippen molar-refractivity contribution in [1.82, 2.24) is 0 Å². The van der Waals surface area contributed by atoms with E-state index in [-0.39, 0.29) is 0 Å². The average Bonchev–Trinajstić information content (AvgIpc) is 2.10. The average molecular weight is 182 g/mol. The van der Waals surface area contributed by atoms with Gasteiger partial charge in [-0.3, -0.25) is 0 Å². The Morgan fingerprint density at radius 1 is 1.08 bits per heavy atom. The van der Waals surface area contributed by atoms with Crippen LogP contribution in [0.5, 0.6) is 0 Å². The molecule has 0 N–H and O–H groups in total. The summed E-state index contributed by atoms with van der Waals surface area (Å²) in [4.78, 5) is 0. The molecular formula is C13H26. The van der Waals surface area contributed by atoms with Crippen molar-refractivity contribution in [3.8, 4) is 0 Å². The Morgan fingerprint density at radius 2 is 1.69 bits per heavy atom. The summed E-state index contributed by atoms with van der Waals surface area (Å²) in [5.74, 6) is 0.886. The van der Waals surface area contributed by atoms with Crippen LogP contribution in [0.15, 0.2) is 11.6 Å². The SMILES string of the molecule is CC=C(C)CCCCCCC(C)C. The molecule has 0 radical (unpaired) electrons. The van der Waals surface area contributed by atoms with Gasteiger partial charge in [-0.15, -0.1) is 0 Å². The number of allylic oxidation sites excluding steroid dienone is 2. The molecule has 0 aromatic rings. The van der Waals surface area contributed by atoms with Gasteiger partial charge in [-0.25, -0.2) is 0 Å². The van der Waals surface area contributed by atoms with E-state index >= 15 is 0 Å². The van der Waals surface area contributed by atoms with Gasteiger partial charge in [0.15, 0.2) is 0 Å². The minimum atomic E-state index is 0.886. The highest BCUT2D eigenvalue weighted by Gasteiger charge is 1.94. The molecule has 0 heterocycles. The summed E-state index contributed by atoms with van der Waals surface area (Å²) in [5, 5.41) is 0. The molecular weight excluding hydrogens is 156 g/mol. The van der Waals surface area contributed by atoms with Crippen molar-refractivity contribution in [1.29, 1.82) is 0 Å². The smallest absolute Gasteiger partial charge is 0.0323 e. The molecule has 0 aliphatic rings. The van der Waals surface area contributed by atoms with Gasteiger partial charge in [-0.2, -0.15) is 0 Å². The molecule has 0 amide bonds. The molecule has 0 bridgehead atoms. The Hall–Kier alpha value is -0.260. The van der Waals surface area contributed by atoms with Crippen LogP contribution in [0.1, 0.15) is 66.2 Å². The largest absolute Gasteiger partial charge is 0.0887 e. The second kappa shape index (κ2) is 8.34. The number of rotatable bonds is 7. The van der Waals surface area contributed by atoms with E-state index in [1.807, 2.05) is 0 Å². The van der Waals surface area contributed by atoms with E-state index in [1.54, 1.807) is 5.57 Å². The number of unbranched alkanes of at least 4 members (excludes halogenated alkanes) is 3. The van der Waals surface area contributed by atoms with Gasteiger partial charge in [-0.05, 0) is 32.6 Å². The van der Waals surface area contributed by atoms with Crippen molar-refractivity contribution in [2.75, 3.05) is 0 Å². The molecule has 0 aromatic heterocycles. The zero-order valence-corrected chi connectivity index (χ0v) is 9.90. The standard InChI is InChI=1S/C13H26/c1-5-13(4)11-9-7-6-8-10-12(2)3/h5,12H,6-11H2,1-4H3. The Labute approximate surface area is 84.4 Å². The van der Waals surface area contributed by atoms with Gasteiger partial charge in [0.25, 0.3) is 0 Å². The summed E-state index contributed by atoms with van der Waals surface area (Å²) in [6.07, 6.45) is 10.6. The lowest BCUT2D eigenvalue weighted by Crippen LogP contribution is -1.87. The first-order valence-electron chi connectivity index (χ1n) is 5.78. The first kappa shape index (κ1) is 12.7. The minimum Gasteiger partial charge on any atom is -0.0887 e. The van der Waals surface area contributed by atoms with Crippen LogP contribution in [0.25, 0.3) is 0 Å². The highest BCUT2D eigenvalue weighted by atomic mass is 14.0. The van der Waals surface area contributed by atoms with E-state index in [9.17, 15) is 0 Å². The van der Waals surface area contributed by atoms with Crippen molar-refractivity contribution < 1.29 is 0 Å². The lowest BCUT2D eigenvalue weighted by molar-refractivity contribution is 0.520. The highest BCUT2D eigenvalue weighted by molar-refractivity contribution is 4.94. The van der Waals surface area contributed by atoms with E-state index in [1.165, 1.54) is 38.5 Å². The van der Waals surface area contributed by atoms with Crippen LogP contribution in [0.2, 0.25) is 0 Å². The second-order valence-electron chi connectivity index (χ2n) is 4.48. The third-order valence-corrected chi connectivity index (χ3v) is 2.60. The molecule has 13 heavy (non-hydrogen) atoms. The molecule has 78 valence electrons. The van der Waals surface area contributed by atoms with Crippen LogP contribution in [0, 0.1) is 5.92 Å². The van der Waals surface area contributed by atoms with Gasteiger partial charge in [-0.1, -0.05) is 51.2 Å². The van der Waals surface area contributed by atoms with E-state index in [4.69, 9.17) is 0 Å². The third kappa shape index (κ3) is 9.66. The van der Waals surface area contributed by atoms with Gasteiger partial charge < -0.3 is 0 Å². The maximum atomic E-state index is 2.31. The van der Waals surface area contributed by atoms with Crippen LogP contribution in [-0.2, 0) is 0 Å². The third-order valence-electron chi connectivity index (χ3n) is 2.60. The first-order chi connectivity index (χ1) is 6.16. The molecule has 0 spiro atoms. The van der Waals surface area contributed by atoms with Gasteiger partial charge in [0.1, 0.15) is 0 Å². The summed E-state index contributed by atoms with van der Waals surface area (Å²) in [5.41, 5.74) is 1.55. The van der Waals surface area contributed by atoms with E-state index in [2.05, 4.69) is 33.8 Å². The molecule has 0 nitrogen and oxygen atoms in total. The van der Waals surface area contributed by atoms with Gasteiger partial charge >= 0.3 is 0 Å². The second-order valence-corrected chi connectivity index (χ2v) is 4.48. The molecule has 0 fully saturated rings. The summed E-state index contributed by atoms with van der Waals surface area (Å²) < 4.78 is 0. The molecule has 0 unspecified atom stereocenters. The fraction of sp³-hybridized carbons (Fsp3) is 0.846. The number of hydrogen-bond acceptors (Lipinski definition) is 0. The lowest BCUT2D eigenvalue weighted by Gasteiger charge is -2.04. The van der Waals surface area contributed by atoms with E-state index in [0.29, 0.717) is 0 Å². The molecule has 0 saturated carbocycles. The normalized spacial score (nSPS) is 12.5. The van der Waals surface area contributed by atoms with Gasteiger partial charge in [0.2, 0.25) is 0 Å². The Kier molecular flexibility index (Phi) is 8.18. The van der Waals surface area contributed by atoms with Gasteiger partial charge in [0, 0.05) is 0 Å². The first-order valence-corrected chi connectivity index (χ1v) is 5.78. The molecule has 0 aromatic carbocycles. The van der Waals surface area contributed by atoms with Gasteiger partial charge in [0.05, 0.1) is 0 Å². The Morgan fingerprint density at radius 3 is 2.23 bits per heavy atom. The summed E-state index contributed by atoms with van der Waals surface area (Å²) in [6, 6.07) is 0. The van der Waals surface area contributed by atoms with E-state index < -0.39 is 0 Å². The molecule has 0 saturated heterocycles. The van der Waals surface area contributed by atoms with Crippen molar-refractivity contribution in [2.24, 2.45) is 5.92 Å².